The minimum Gasteiger partial charge on any atom is -0.312 e. The van der Waals surface area contributed by atoms with E-state index >= 15 is 0 Å². The Hall–Kier alpha value is -3.32. The third-order valence-electron chi connectivity index (χ3n) is 6.47. The van der Waals surface area contributed by atoms with Gasteiger partial charge in [-0.1, -0.05) is 36.7 Å². The number of anilines is 2. The number of halogens is 1. The average Bonchev–Trinajstić information content (AvgIpc) is 3.16. The van der Waals surface area contributed by atoms with Gasteiger partial charge < -0.3 is 9.47 Å². The van der Waals surface area contributed by atoms with Crippen molar-refractivity contribution < 1.29 is 0 Å². The van der Waals surface area contributed by atoms with Gasteiger partial charge in [-0.2, -0.15) is 4.98 Å². The summed E-state index contributed by atoms with van der Waals surface area (Å²) < 4.78 is 4.70. The van der Waals surface area contributed by atoms with Crippen molar-refractivity contribution in [3.8, 4) is 0 Å². The first-order chi connectivity index (χ1) is 15.7. The lowest BCUT2D eigenvalue weighted by Crippen LogP contribution is -2.40. The highest BCUT2D eigenvalue weighted by atomic mass is 35.5. The molecule has 2 aromatic heterocycles. The Morgan fingerprint density at radius 2 is 1.85 bits per heavy atom. The van der Waals surface area contributed by atoms with Crippen LogP contribution in [0.1, 0.15) is 23.6 Å². The molecule has 1 aliphatic heterocycles. The van der Waals surface area contributed by atoms with Crippen molar-refractivity contribution in [1.82, 2.24) is 18.7 Å². The van der Waals surface area contributed by atoms with Crippen LogP contribution in [0.25, 0.3) is 11.2 Å². The van der Waals surface area contributed by atoms with Crippen LogP contribution < -0.4 is 16.1 Å². The first-order valence-electron chi connectivity index (χ1n) is 11.0. The first kappa shape index (κ1) is 21.5. The van der Waals surface area contributed by atoms with Gasteiger partial charge in [0.05, 0.1) is 6.54 Å². The predicted octanol–water partition coefficient (Wildman–Crippen LogP) is 4.00. The van der Waals surface area contributed by atoms with Crippen molar-refractivity contribution in [2.45, 2.75) is 33.9 Å². The van der Waals surface area contributed by atoms with Gasteiger partial charge in [-0.15, -0.1) is 0 Å². The fourth-order valence-corrected chi connectivity index (χ4v) is 4.79. The van der Waals surface area contributed by atoms with Crippen molar-refractivity contribution in [3.63, 3.8) is 0 Å². The van der Waals surface area contributed by atoms with E-state index in [1.165, 1.54) is 20.3 Å². The number of nitrogens with zero attached hydrogens (tertiary/aromatic N) is 5. The summed E-state index contributed by atoms with van der Waals surface area (Å²) in [6.07, 6.45) is 0. The second-order valence-electron chi connectivity index (χ2n) is 9.04. The van der Waals surface area contributed by atoms with E-state index in [0.29, 0.717) is 34.6 Å². The molecule has 0 aliphatic carbocycles. The lowest BCUT2D eigenvalue weighted by Gasteiger charge is -2.33. The SMILES string of the molecule is Cc1ccc(N2C[C@H](C)Cn3c2nc2c3c(=O)n(Cc3cccc(Cl)c3)c(=O)n2C)cc1C. The highest BCUT2D eigenvalue weighted by Crippen LogP contribution is 2.33. The number of imidazole rings is 1. The van der Waals surface area contributed by atoms with E-state index in [9.17, 15) is 9.59 Å². The van der Waals surface area contributed by atoms with Gasteiger partial charge in [0.15, 0.2) is 11.2 Å². The molecule has 33 heavy (non-hydrogen) atoms. The molecule has 0 fully saturated rings. The van der Waals surface area contributed by atoms with Crippen LogP contribution in [0.5, 0.6) is 0 Å². The van der Waals surface area contributed by atoms with Crippen molar-refractivity contribution in [2.75, 3.05) is 11.4 Å². The summed E-state index contributed by atoms with van der Waals surface area (Å²) in [5, 5.41) is 0.568. The zero-order valence-electron chi connectivity index (χ0n) is 19.2. The van der Waals surface area contributed by atoms with Crippen LogP contribution in [0.3, 0.4) is 0 Å². The Morgan fingerprint density at radius 1 is 1.06 bits per heavy atom. The third kappa shape index (κ3) is 3.56. The number of aromatic nitrogens is 4. The molecule has 8 heteroatoms. The fourth-order valence-electron chi connectivity index (χ4n) is 4.57. The first-order valence-corrected chi connectivity index (χ1v) is 11.4. The van der Waals surface area contributed by atoms with Crippen LogP contribution in [0.4, 0.5) is 11.6 Å². The van der Waals surface area contributed by atoms with Crippen LogP contribution >= 0.6 is 11.6 Å². The van der Waals surface area contributed by atoms with Crippen LogP contribution in [0.2, 0.25) is 5.02 Å². The summed E-state index contributed by atoms with van der Waals surface area (Å²) in [4.78, 5) is 33.7. The molecule has 0 spiro atoms. The number of hydrogen-bond acceptors (Lipinski definition) is 4. The van der Waals surface area contributed by atoms with Crippen LogP contribution in [-0.2, 0) is 20.1 Å². The quantitative estimate of drug-likeness (QED) is 0.460. The summed E-state index contributed by atoms with van der Waals surface area (Å²) in [5.74, 6) is 0.994. The molecule has 0 saturated carbocycles. The maximum absolute atomic E-state index is 13.6. The lowest BCUT2D eigenvalue weighted by atomic mass is 10.1. The topological polar surface area (TPSA) is 65.1 Å². The second-order valence-corrected chi connectivity index (χ2v) is 9.48. The summed E-state index contributed by atoms with van der Waals surface area (Å²) >= 11 is 6.12. The Balaban J connectivity index is 1.72. The normalized spacial score (nSPS) is 15.8. The molecule has 1 aliphatic rings. The maximum atomic E-state index is 13.6. The molecule has 0 bridgehead atoms. The Labute approximate surface area is 196 Å². The predicted molar refractivity (Wildman–Crippen MR) is 132 cm³/mol. The van der Waals surface area contributed by atoms with Crippen molar-refractivity contribution in [3.05, 3.63) is 85.0 Å². The van der Waals surface area contributed by atoms with Gasteiger partial charge in [-0.05, 0) is 60.7 Å². The zero-order chi connectivity index (χ0) is 23.4. The van der Waals surface area contributed by atoms with Gasteiger partial charge in [-0.3, -0.25) is 13.9 Å². The van der Waals surface area contributed by atoms with Gasteiger partial charge in [0.2, 0.25) is 5.95 Å². The number of benzene rings is 2. The summed E-state index contributed by atoms with van der Waals surface area (Å²) in [6.45, 7) is 7.95. The molecule has 170 valence electrons. The van der Waals surface area contributed by atoms with E-state index in [-0.39, 0.29) is 12.1 Å². The van der Waals surface area contributed by atoms with Crippen molar-refractivity contribution >= 4 is 34.4 Å². The number of hydrogen-bond donors (Lipinski definition) is 0. The number of aryl methyl sites for hydroxylation is 3. The molecule has 3 heterocycles. The highest BCUT2D eigenvalue weighted by Gasteiger charge is 2.30. The lowest BCUT2D eigenvalue weighted by molar-refractivity contribution is 0.458. The molecular weight excluding hydrogens is 438 g/mol. The Morgan fingerprint density at radius 3 is 2.58 bits per heavy atom. The Kier molecular flexibility index (Phi) is 5.16. The summed E-state index contributed by atoms with van der Waals surface area (Å²) in [7, 11) is 1.67. The minimum absolute atomic E-state index is 0.152. The molecule has 1 atom stereocenters. The van der Waals surface area contributed by atoms with E-state index in [1.807, 2.05) is 16.7 Å². The van der Waals surface area contributed by atoms with Crippen LogP contribution in [-0.4, -0.2) is 25.2 Å². The van der Waals surface area contributed by atoms with Gasteiger partial charge in [0.25, 0.3) is 5.56 Å². The van der Waals surface area contributed by atoms with Crippen molar-refractivity contribution in [2.24, 2.45) is 13.0 Å². The van der Waals surface area contributed by atoms with Gasteiger partial charge in [0.1, 0.15) is 0 Å². The highest BCUT2D eigenvalue weighted by molar-refractivity contribution is 6.30. The molecule has 0 amide bonds. The number of fused-ring (bicyclic) bond motifs is 3. The largest absolute Gasteiger partial charge is 0.332 e. The molecule has 0 unspecified atom stereocenters. The fraction of sp³-hybridized carbons (Fsp3) is 0.320. The molecule has 2 aromatic carbocycles. The Bertz CT molecular complexity index is 1510. The average molecular weight is 464 g/mol. The summed E-state index contributed by atoms with van der Waals surface area (Å²) in [6, 6.07) is 13.5. The molecule has 0 saturated heterocycles. The van der Waals surface area contributed by atoms with E-state index < -0.39 is 5.69 Å². The molecule has 0 radical (unpaired) electrons. The standard InChI is InChI=1S/C25H26ClN5O2/c1-15-12-29(20-9-8-16(2)17(3)10-20)24-27-22-21(30(24)13-15)23(32)31(25(33)28(22)4)14-18-6-5-7-19(26)11-18/h5-11,15H,12-14H2,1-4H3/t15-/m0/s1. The third-order valence-corrected chi connectivity index (χ3v) is 6.71. The molecular formula is C25H26ClN5O2. The zero-order valence-corrected chi connectivity index (χ0v) is 19.9. The molecule has 4 aromatic rings. The minimum atomic E-state index is -0.395. The summed E-state index contributed by atoms with van der Waals surface area (Å²) in [5.41, 5.74) is 4.39. The van der Waals surface area contributed by atoms with Crippen LogP contribution in [0, 0.1) is 19.8 Å². The monoisotopic (exact) mass is 463 g/mol. The van der Waals surface area contributed by atoms with E-state index in [2.05, 4.69) is 43.9 Å². The van der Waals surface area contributed by atoms with Gasteiger partial charge in [0, 0.05) is 30.8 Å². The van der Waals surface area contributed by atoms with Gasteiger partial charge in [-0.25, -0.2) is 4.79 Å². The van der Waals surface area contributed by atoms with Gasteiger partial charge >= 0.3 is 5.69 Å². The van der Waals surface area contributed by atoms with E-state index in [0.717, 1.165) is 17.8 Å². The second kappa shape index (κ2) is 7.92. The smallest absolute Gasteiger partial charge is 0.312 e. The van der Waals surface area contributed by atoms with Crippen LogP contribution in [0.15, 0.2) is 52.1 Å². The molecule has 0 N–H and O–H groups in total. The number of rotatable bonds is 3. The van der Waals surface area contributed by atoms with Crippen molar-refractivity contribution in [1.29, 1.82) is 0 Å². The molecule has 5 rings (SSSR count). The van der Waals surface area contributed by atoms with E-state index in [1.54, 1.807) is 19.2 Å². The van der Waals surface area contributed by atoms with E-state index in [4.69, 9.17) is 16.6 Å². The maximum Gasteiger partial charge on any atom is 0.332 e. The molecule has 7 nitrogen and oxygen atoms in total.